The molecule has 8 heteroatoms. The molecule has 6 nitrogen and oxygen atoms in total. The van der Waals surface area contributed by atoms with E-state index in [4.69, 9.17) is 11.6 Å². The highest BCUT2D eigenvalue weighted by Gasteiger charge is 2.18. The molecule has 0 fully saturated rings. The Kier molecular flexibility index (Phi) is 8.00. The Morgan fingerprint density at radius 3 is 2.21 bits per heavy atom. The van der Waals surface area contributed by atoms with Crippen molar-refractivity contribution in [3.63, 3.8) is 0 Å². The minimum absolute atomic E-state index is 0.0665. The lowest BCUT2D eigenvalue weighted by Crippen LogP contribution is -3.10. The van der Waals surface area contributed by atoms with Gasteiger partial charge in [-0.05, 0) is 44.7 Å². The number of sulfonamides is 1. The van der Waals surface area contributed by atoms with Crippen molar-refractivity contribution in [3.05, 3.63) is 64.2 Å². The number of rotatable bonds is 9. The van der Waals surface area contributed by atoms with Gasteiger partial charge in [0.25, 0.3) is 5.91 Å². The van der Waals surface area contributed by atoms with Gasteiger partial charge in [0.15, 0.2) is 0 Å². The van der Waals surface area contributed by atoms with Crippen molar-refractivity contribution in [3.8, 4) is 0 Å². The summed E-state index contributed by atoms with van der Waals surface area (Å²) in [5.74, 6) is -0.360. The predicted molar refractivity (Wildman–Crippen MR) is 111 cm³/mol. The molecule has 0 spiro atoms. The average molecular weight is 425 g/mol. The van der Waals surface area contributed by atoms with Gasteiger partial charge in [0.05, 0.1) is 18.1 Å². The van der Waals surface area contributed by atoms with Crippen molar-refractivity contribution in [2.45, 2.75) is 31.8 Å². The maximum absolute atomic E-state index is 12.4. The van der Waals surface area contributed by atoms with E-state index < -0.39 is 10.0 Å². The van der Waals surface area contributed by atoms with Gasteiger partial charge in [0.1, 0.15) is 11.4 Å². The van der Waals surface area contributed by atoms with Crippen LogP contribution in [0.2, 0.25) is 5.02 Å². The van der Waals surface area contributed by atoms with Crippen LogP contribution in [0.15, 0.2) is 47.4 Å². The van der Waals surface area contributed by atoms with Crippen LogP contribution in [-0.2, 0) is 23.1 Å². The molecule has 0 unspecified atom stereocenters. The zero-order valence-corrected chi connectivity index (χ0v) is 18.0. The number of benzene rings is 2. The monoisotopic (exact) mass is 424 g/mol. The third kappa shape index (κ3) is 5.78. The minimum Gasteiger partial charge on any atom is -0.348 e. The van der Waals surface area contributed by atoms with E-state index in [0.717, 1.165) is 25.2 Å². The molecule has 0 radical (unpaired) electrons. The van der Waals surface area contributed by atoms with Crippen molar-refractivity contribution < 1.29 is 18.1 Å². The highest BCUT2D eigenvalue weighted by atomic mass is 35.5. The molecule has 0 aromatic heterocycles. The van der Waals surface area contributed by atoms with E-state index in [0.29, 0.717) is 6.54 Å². The number of amides is 1. The molecule has 2 aromatic rings. The first-order valence-electron chi connectivity index (χ1n) is 9.23. The van der Waals surface area contributed by atoms with Crippen molar-refractivity contribution in [2.24, 2.45) is 0 Å². The van der Waals surface area contributed by atoms with E-state index in [-0.39, 0.29) is 21.4 Å². The molecule has 0 aliphatic heterocycles. The second-order valence-corrected chi connectivity index (χ2v) is 8.75. The standard InChI is InChI=1S/C20H26ClN3O3S/c1-4-24(5-2)14-16-8-6-15(7-9-16)13-23-20(25)17-10-11-18(21)19(12-17)28(26,27)22-3/h6-12,22H,4-5,13-14H2,1-3H3,(H,23,25)/p+1. The lowest BCUT2D eigenvalue weighted by atomic mass is 10.1. The maximum atomic E-state index is 12.4. The minimum atomic E-state index is -3.74. The predicted octanol–water partition coefficient (Wildman–Crippen LogP) is 1.60. The molecule has 0 aliphatic carbocycles. The Bertz CT molecular complexity index is 911. The van der Waals surface area contributed by atoms with Crippen LogP contribution in [-0.4, -0.2) is 34.5 Å². The van der Waals surface area contributed by atoms with Crippen LogP contribution >= 0.6 is 11.6 Å². The molecule has 0 saturated carbocycles. The first kappa shape index (κ1) is 22.4. The van der Waals surface area contributed by atoms with E-state index in [9.17, 15) is 13.2 Å². The SMILES string of the molecule is CC[NH+](CC)Cc1ccc(CNC(=O)c2ccc(Cl)c(S(=O)(=O)NC)c2)cc1. The van der Waals surface area contributed by atoms with Gasteiger partial charge in [-0.3, -0.25) is 4.79 Å². The fraction of sp³-hybridized carbons (Fsp3) is 0.350. The molecular formula is C20H27ClN3O3S+. The van der Waals surface area contributed by atoms with Crippen LogP contribution in [0.5, 0.6) is 0 Å². The van der Waals surface area contributed by atoms with Crippen LogP contribution in [0.3, 0.4) is 0 Å². The van der Waals surface area contributed by atoms with Crippen LogP contribution in [0.25, 0.3) is 0 Å². The highest BCUT2D eigenvalue weighted by molar-refractivity contribution is 7.89. The lowest BCUT2D eigenvalue weighted by molar-refractivity contribution is -0.910. The lowest BCUT2D eigenvalue weighted by Gasteiger charge is -2.15. The summed E-state index contributed by atoms with van der Waals surface area (Å²) in [4.78, 5) is 13.8. The van der Waals surface area contributed by atoms with Crippen LogP contribution < -0.4 is 14.9 Å². The third-order valence-electron chi connectivity index (χ3n) is 4.68. The largest absolute Gasteiger partial charge is 0.348 e. The maximum Gasteiger partial charge on any atom is 0.251 e. The van der Waals surface area contributed by atoms with E-state index in [1.165, 1.54) is 35.7 Å². The van der Waals surface area contributed by atoms with E-state index in [2.05, 4.69) is 36.0 Å². The Morgan fingerprint density at radius 1 is 1.04 bits per heavy atom. The number of nitrogens with one attached hydrogen (secondary N) is 3. The van der Waals surface area contributed by atoms with Gasteiger partial charge in [-0.1, -0.05) is 35.9 Å². The molecule has 2 aromatic carbocycles. The summed E-state index contributed by atoms with van der Waals surface area (Å²) >= 11 is 5.96. The number of carbonyl (C=O) groups is 1. The van der Waals surface area contributed by atoms with Crippen molar-refractivity contribution in [1.29, 1.82) is 0 Å². The third-order valence-corrected chi connectivity index (χ3v) is 6.58. The first-order chi connectivity index (χ1) is 13.3. The van der Waals surface area contributed by atoms with Crippen LogP contribution in [0, 0.1) is 0 Å². The molecule has 2 rings (SSSR count). The molecule has 0 bridgehead atoms. The topological polar surface area (TPSA) is 79.7 Å². The number of hydrogen-bond acceptors (Lipinski definition) is 3. The molecule has 1 amide bonds. The van der Waals surface area contributed by atoms with E-state index in [1.54, 1.807) is 0 Å². The summed E-state index contributed by atoms with van der Waals surface area (Å²) in [6, 6.07) is 12.3. The summed E-state index contributed by atoms with van der Waals surface area (Å²) in [5.41, 5.74) is 2.47. The Balaban J connectivity index is 2.03. The van der Waals surface area contributed by atoms with Crippen LogP contribution in [0.1, 0.15) is 35.3 Å². The normalized spacial score (nSPS) is 11.6. The fourth-order valence-corrected chi connectivity index (χ4v) is 4.06. The quantitative estimate of drug-likeness (QED) is 0.572. The zero-order chi connectivity index (χ0) is 20.7. The molecule has 28 heavy (non-hydrogen) atoms. The summed E-state index contributed by atoms with van der Waals surface area (Å²) in [6.07, 6.45) is 0. The molecule has 152 valence electrons. The van der Waals surface area contributed by atoms with Gasteiger partial charge >= 0.3 is 0 Å². The number of carbonyl (C=O) groups excluding carboxylic acids is 1. The molecule has 0 saturated heterocycles. The number of halogens is 1. The molecule has 0 atom stereocenters. The summed E-state index contributed by atoms with van der Waals surface area (Å²) in [5, 5.41) is 2.88. The summed E-state index contributed by atoms with van der Waals surface area (Å²) in [6.45, 7) is 7.85. The van der Waals surface area contributed by atoms with Gasteiger partial charge < -0.3 is 10.2 Å². The summed E-state index contributed by atoms with van der Waals surface area (Å²) in [7, 11) is -2.44. The van der Waals surface area contributed by atoms with Gasteiger partial charge in [0, 0.05) is 17.7 Å². The van der Waals surface area contributed by atoms with E-state index in [1.807, 2.05) is 12.1 Å². The second kappa shape index (κ2) is 10.0. The van der Waals surface area contributed by atoms with Gasteiger partial charge in [-0.2, -0.15) is 0 Å². The van der Waals surface area contributed by atoms with Crippen molar-refractivity contribution in [1.82, 2.24) is 10.0 Å². The first-order valence-corrected chi connectivity index (χ1v) is 11.1. The smallest absolute Gasteiger partial charge is 0.251 e. The Morgan fingerprint density at radius 2 is 1.64 bits per heavy atom. The summed E-state index contributed by atoms with van der Waals surface area (Å²) < 4.78 is 26.2. The zero-order valence-electron chi connectivity index (χ0n) is 16.4. The van der Waals surface area contributed by atoms with Gasteiger partial charge in [0.2, 0.25) is 10.0 Å². The van der Waals surface area contributed by atoms with Crippen molar-refractivity contribution >= 4 is 27.5 Å². The van der Waals surface area contributed by atoms with Gasteiger partial charge in [-0.15, -0.1) is 0 Å². The van der Waals surface area contributed by atoms with E-state index >= 15 is 0 Å². The Hall–Kier alpha value is -1.93. The molecule has 0 aliphatic rings. The molecule has 0 heterocycles. The highest BCUT2D eigenvalue weighted by Crippen LogP contribution is 2.22. The number of quaternary nitrogens is 1. The molecular weight excluding hydrogens is 398 g/mol. The fourth-order valence-electron chi connectivity index (χ4n) is 2.81. The van der Waals surface area contributed by atoms with Gasteiger partial charge in [-0.25, -0.2) is 13.1 Å². The number of hydrogen-bond donors (Lipinski definition) is 3. The Labute approximate surface area is 171 Å². The second-order valence-electron chi connectivity index (χ2n) is 6.49. The average Bonchev–Trinajstić information content (AvgIpc) is 2.71. The van der Waals surface area contributed by atoms with Crippen molar-refractivity contribution in [2.75, 3.05) is 20.1 Å². The molecule has 3 N–H and O–H groups in total. The van der Waals surface area contributed by atoms with Crippen LogP contribution in [0.4, 0.5) is 0 Å².